The second-order valence-corrected chi connectivity index (χ2v) is 7.87. The van der Waals surface area contributed by atoms with Crippen molar-refractivity contribution in [3.8, 4) is 5.75 Å². The quantitative estimate of drug-likeness (QED) is 0.672. The molecule has 0 saturated carbocycles. The Labute approximate surface area is 165 Å². The first kappa shape index (κ1) is 21.7. The van der Waals surface area contributed by atoms with Gasteiger partial charge in [-0.1, -0.05) is 25.1 Å². The number of para-hydroxylation sites is 1. The van der Waals surface area contributed by atoms with E-state index in [4.69, 9.17) is 4.18 Å². The molecular weight excluding hydrogens is 383 g/mol. The van der Waals surface area contributed by atoms with Crippen LogP contribution in [0.4, 0.5) is 9.18 Å². The summed E-state index contributed by atoms with van der Waals surface area (Å²) in [4.78, 5) is 13.9. The molecule has 0 fully saturated rings. The SMILES string of the molecule is CCNC(=O)N(Cc1ccccc1OS(=O)(=O)c1ccc(F)cc1)C(C)CC. The lowest BCUT2D eigenvalue weighted by atomic mass is 10.1. The Kier molecular flexibility index (Phi) is 7.39. The van der Waals surface area contributed by atoms with E-state index in [1.165, 1.54) is 6.07 Å². The first-order chi connectivity index (χ1) is 13.3. The molecule has 2 amide bonds. The van der Waals surface area contributed by atoms with Gasteiger partial charge >= 0.3 is 16.1 Å². The molecule has 1 atom stereocenters. The number of nitrogens with zero attached hydrogens (tertiary/aromatic N) is 1. The van der Waals surface area contributed by atoms with E-state index >= 15 is 0 Å². The third-order valence-corrected chi connectivity index (χ3v) is 5.58. The lowest BCUT2D eigenvalue weighted by Crippen LogP contribution is -2.44. The average molecular weight is 408 g/mol. The van der Waals surface area contributed by atoms with Crippen LogP contribution in [0.15, 0.2) is 53.4 Å². The van der Waals surface area contributed by atoms with Crippen LogP contribution >= 0.6 is 0 Å². The topological polar surface area (TPSA) is 75.7 Å². The van der Waals surface area contributed by atoms with Crippen LogP contribution in [0.25, 0.3) is 0 Å². The van der Waals surface area contributed by atoms with Crippen LogP contribution in [0.3, 0.4) is 0 Å². The second kappa shape index (κ2) is 9.54. The molecule has 0 aromatic heterocycles. The number of halogens is 1. The van der Waals surface area contributed by atoms with Crippen molar-refractivity contribution in [2.75, 3.05) is 6.54 Å². The van der Waals surface area contributed by atoms with E-state index in [1.54, 1.807) is 23.1 Å². The summed E-state index contributed by atoms with van der Waals surface area (Å²) < 4.78 is 43.5. The van der Waals surface area contributed by atoms with Crippen LogP contribution < -0.4 is 9.50 Å². The Hall–Kier alpha value is -2.61. The third-order valence-electron chi connectivity index (χ3n) is 4.33. The minimum absolute atomic E-state index is 0.0479. The maximum Gasteiger partial charge on any atom is 0.339 e. The predicted octanol–water partition coefficient (Wildman–Crippen LogP) is 3.92. The van der Waals surface area contributed by atoms with Crippen molar-refractivity contribution >= 4 is 16.1 Å². The van der Waals surface area contributed by atoms with Gasteiger partial charge in [0.25, 0.3) is 0 Å². The van der Waals surface area contributed by atoms with E-state index in [1.807, 2.05) is 20.8 Å². The van der Waals surface area contributed by atoms with Crippen molar-refractivity contribution in [2.24, 2.45) is 0 Å². The second-order valence-electron chi connectivity index (χ2n) is 6.32. The molecule has 0 aliphatic rings. The van der Waals surface area contributed by atoms with Gasteiger partial charge in [0.15, 0.2) is 0 Å². The van der Waals surface area contributed by atoms with Crippen LogP contribution in [0.2, 0.25) is 0 Å². The molecule has 0 bridgehead atoms. The first-order valence-corrected chi connectivity index (χ1v) is 10.5. The number of rotatable bonds is 8. The Morgan fingerprint density at radius 1 is 1.14 bits per heavy atom. The molecule has 0 aliphatic heterocycles. The van der Waals surface area contributed by atoms with Gasteiger partial charge in [-0.25, -0.2) is 9.18 Å². The molecule has 0 aliphatic carbocycles. The zero-order chi connectivity index (χ0) is 20.7. The normalized spacial score (nSPS) is 12.3. The Bertz CT molecular complexity index is 901. The van der Waals surface area contributed by atoms with Crippen LogP contribution in [-0.2, 0) is 16.7 Å². The molecule has 0 radical (unpaired) electrons. The molecule has 2 aromatic rings. The standard InChI is InChI=1S/C20H25FN2O4S/c1-4-15(3)23(20(24)22-5-2)14-16-8-6-7-9-19(16)27-28(25,26)18-12-10-17(21)11-13-18/h6-13,15H,4-5,14H2,1-3H3,(H,22,24). The van der Waals surface area contributed by atoms with E-state index < -0.39 is 15.9 Å². The number of benzene rings is 2. The zero-order valence-electron chi connectivity index (χ0n) is 16.2. The molecule has 0 heterocycles. The van der Waals surface area contributed by atoms with Crippen molar-refractivity contribution in [3.63, 3.8) is 0 Å². The summed E-state index contributed by atoms with van der Waals surface area (Å²) in [7, 11) is -4.13. The summed E-state index contributed by atoms with van der Waals surface area (Å²) in [5, 5.41) is 2.77. The lowest BCUT2D eigenvalue weighted by molar-refractivity contribution is 0.173. The maximum atomic E-state index is 13.1. The van der Waals surface area contributed by atoms with Crippen LogP contribution in [-0.4, -0.2) is 31.9 Å². The summed E-state index contributed by atoms with van der Waals surface area (Å²) in [5.74, 6) is -0.407. The summed E-state index contributed by atoms with van der Waals surface area (Å²) >= 11 is 0. The van der Waals surface area contributed by atoms with Gasteiger partial charge < -0.3 is 14.4 Å². The smallest absolute Gasteiger partial charge is 0.339 e. The summed E-state index contributed by atoms with van der Waals surface area (Å²) in [5.41, 5.74) is 0.555. The monoisotopic (exact) mass is 408 g/mol. The van der Waals surface area contributed by atoms with E-state index in [2.05, 4.69) is 5.32 Å². The molecule has 28 heavy (non-hydrogen) atoms. The number of urea groups is 1. The van der Waals surface area contributed by atoms with Gasteiger partial charge in [-0.3, -0.25) is 0 Å². The number of nitrogens with one attached hydrogen (secondary N) is 1. The average Bonchev–Trinajstić information content (AvgIpc) is 2.67. The van der Waals surface area contributed by atoms with Crippen LogP contribution in [0.5, 0.6) is 5.75 Å². The zero-order valence-corrected chi connectivity index (χ0v) is 17.0. The third kappa shape index (κ3) is 5.45. The van der Waals surface area contributed by atoms with Crippen molar-refractivity contribution < 1.29 is 21.8 Å². The molecule has 8 heteroatoms. The maximum absolute atomic E-state index is 13.1. The molecule has 0 spiro atoms. The van der Waals surface area contributed by atoms with Crippen LogP contribution in [0.1, 0.15) is 32.8 Å². The Morgan fingerprint density at radius 2 is 1.79 bits per heavy atom. The number of hydrogen-bond donors (Lipinski definition) is 1. The molecular formula is C20H25FN2O4S. The highest BCUT2D eigenvalue weighted by atomic mass is 32.2. The largest absolute Gasteiger partial charge is 0.379 e. The van der Waals surface area contributed by atoms with E-state index in [0.29, 0.717) is 12.1 Å². The predicted molar refractivity (Wildman–Crippen MR) is 105 cm³/mol. The van der Waals surface area contributed by atoms with Gasteiger partial charge in [-0.2, -0.15) is 8.42 Å². The lowest BCUT2D eigenvalue weighted by Gasteiger charge is -2.29. The molecule has 2 rings (SSSR count). The molecule has 1 N–H and O–H groups in total. The molecule has 2 aromatic carbocycles. The first-order valence-electron chi connectivity index (χ1n) is 9.11. The van der Waals surface area contributed by atoms with Gasteiger partial charge in [0.1, 0.15) is 16.5 Å². The fraction of sp³-hybridized carbons (Fsp3) is 0.350. The molecule has 1 unspecified atom stereocenters. The van der Waals surface area contributed by atoms with E-state index in [9.17, 15) is 17.6 Å². The van der Waals surface area contributed by atoms with Crippen molar-refractivity contribution in [1.82, 2.24) is 10.2 Å². The highest BCUT2D eigenvalue weighted by Gasteiger charge is 2.23. The van der Waals surface area contributed by atoms with Gasteiger partial charge in [-0.15, -0.1) is 0 Å². The fourth-order valence-corrected chi connectivity index (χ4v) is 3.53. The van der Waals surface area contributed by atoms with Gasteiger partial charge in [0.2, 0.25) is 0 Å². The number of amides is 2. The van der Waals surface area contributed by atoms with Gasteiger partial charge in [0.05, 0.1) is 6.54 Å². The van der Waals surface area contributed by atoms with Gasteiger partial charge in [-0.05, 0) is 50.6 Å². The van der Waals surface area contributed by atoms with Crippen molar-refractivity contribution in [1.29, 1.82) is 0 Å². The number of hydrogen-bond acceptors (Lipinski definition) is 4. The number of carbonyl (C=O) groups excluding carboxylic acids is 1. The van der Waals surface area contributed by atoms with Crippen molar-refractivity contribution in [2.45, 2.75) is 44.7 Å². The number of carbonyl (C=O) groups is 1. The summed E-state index contributed by atoms with van der Waals surface area (Å²) in [6, 6.07) is 10.8. The van der Waals surface area contributed by atoms with Crippen LogP contribution in [0, 0.1) is 5.82 Å². The Balaban J connectivity index is 2.31. The summed E-state index contributed by atoms with van der Waals surface area (Å²) in [6.45, 7) is 6.41. The molecule has 0 saturated heterocycles. The highest BCUT2D eigenvalue weighted by Crippen LogP contribution is 2.25. The molecule has 6 nitrogen and oxygen atoms in total. The minimum atomic E-state index is -4.13. The van der Waals surface area contributed by atoms with Crippen molar-refractivity contribution in [3.05, 3.63) is 59.9 Å². The highest BCUT2D eigenvalue weighted by molar-refractivity contribution is 7.87. The van der Waals surface area contributed by atoms with E-state index in [0.717, 1.165) is 30.7 Å². The van der Waals surface area contributed by atoms with E-state index in [-0.39, 0.29) is 29.3 Å². The fourth-order valence-electron chi connectivity index (χ4n) is 2.57. The van der Waals surface area contributed by atoms with Gasteiger partial charge in [0, 0.05) is 18.2 Å². The molecule has 152 valence electrons. The minimum Gasteiger partial charge on any atom is -0.379 e. The summed E-state index contributed by atoms with van der Waals surface area (Å²) in [6.07, 6.45) is 0.744. The Morgan fingerprint density at radius 3 is 2.39 bits per heavy atom.